The molecule has 1 N–H and O–H groups in total. The lowest BCUT2D eigenvalue weighted by Gasteiger charge is -2.20. The molecule has 2 rings (SSSR count). The number of carbonyl (C=O) groups excluding carboxylic acids is 3. The van der Waals surface area contributed by atoms with Gasteiger partial charge in [0.25, 0.3) is 11.8 Å². The molecule has 0 aromatic heterocycles. The molecule has 0 spiro atoms. The summed E-state index contributed by atoms with van der Waals surface area (Å²) in [6.45, 7) is 0.384. The summed E-state index contributed by atoms with van der Waals surface area (Å²) < 4.78 is 5.39. The minimum absolute atomic E-state index is 0.0120. The molecule has 1 aliphatic heterocycles. The smallest absolute Gasteiger partial charge is 0.407 e. The highest BCUT2D eigenvalue weighted by Crippen LogP contribution is 2.19. The second-order valence-corrected chi connectivity index (χ2v) is 5.46. The number of carbonyl (C=O) groups is 3. The molecule has 0 unspecified atom stereocenters. The van der Waals surface area contributed by atoms with E-state index in [1.807, 2.05) is 0 Å². The van der Waals surface area contributed by atoms with Crippen molar-refractivity contribution in [2.24, 2.45) is 0 Å². The molecule has 21 heavy (non-hydrogen) atoms. The number of rotatable bonds is 4. The van der Waals surface area contributed by atoms with Gasteiger partial charge in [0.2, 0.25) is 0 Å². The van der Waals surface area contributed by atoms with Crippen molar-refractivity contribution in [1.29, 1.82) is 0 Å². The standard InChI is InChI=1S/C15H22N2O4/c18-13-8-9-14(19)17(13)11-10-16-15(20)21-12-6-4-2-1-3-5-7-12/h8-9,12H,1-7,10-11H2,(H,16,20). The van der Waals surface area contributed by atoms with Crippen LogP contribution in [0.1, 0.15) is 44.9 Å². The lowest BCUT2D eigenvalue weighted by molar-refractivity contribution is -0.136. The minimum Gasteiger partial charge on any atom is -0.446 e. The lowest BCUT2D eigenvalue weighted by atomic mass is 9.99. The quantitative estimate of drug-likeness (QED) is 0.801. The van der Waals surface area contributed by atoms with Gasteiger partial charge >= 0.3 is 6.09 Å². The summed E-state index contributed by atoms with van der Waals surface area (Å²) in [4.78, 5) is 35.4. The molecule has 1 heterocycles. The summed E-state index contributed by atoms with van der Waals surface area (Å²) in [5.74, 6) is -0.676. The third kappa shape index (κ3) is 4.88. The normalized spacial score (nSPS) is 20.3. The Hall–Kier alpha value is -1.85. The Morgan fingerprint density at radius 1 is 1.10 bits per heavy atom. The van der Waals surface area contributed by atoms with Crippen molar-refractivity contribution >= 4 is 17.9 Å². The summed E-state index contributed by atoms with van der Waals surface area (Å²) in [5, 5.41) is 2.60. The second-order valence-electron chi connectivity index (χ2n) is 5.46. The van der Waals surface area contributed by atoms with Crippen molar-refractivity contribution in [1.82, 2.24) is 10.2 Å². The minimum atomic E-state index is -0.465. The molecule has 0 atom stereocenters. The number of imide groups is 1. The maximum Gasteiger partial charge on any atom is 0.407 e. The van der Waals surface area contributed by atoms with Crippen LogP contribution in [0, 0.1) is 0 Å². The number of hydrogen-bond donors (Lipinski definition) is 1. The zero-order chi connectivity index (χ0) is 15.1. The van der Waals surface area contributed by atoms with E-state index in [1.54, 1.807) is 0 Å². The van der Waals surface area contributed by atoms with Gasteiger partial charge in [-0.05, 0) is 25.7 Å². The van der Waals surface area contributed by atoms with Crippen molar-refractivity contribution in [3.8, 4) is 0 Å². The van der Waals surface area contributed by atoms with Crippen molar-refractivity contribution in [3.05, 3.63) is 12.2 Å². The summed E-state index contributed by atoms with van der Waals surface area (Å²) in [5.41, 5.74) is 0. The zero-order valence-corrected chi connectivity index (χ0v) is 12.2. The fourth-order valence-corrected chi connectivity index (χ4v) is 2.65. The first-order valence-corrected chi connectivity index (χ1v) is 7.65. The topological polar surface area (TPSA) is 75.7 Å². The summed E-state index contributed by atoms with van der Waals surface area (Å²) in [6.07, 6.45) is 9.69. The van der Waals surface area contributed by atoms with E-state index < -0.39 is 6.09 Å². The third-order valence-corrected chi connectivity index (χ3v) is 3.83. The molecule has 0 aromatic carbocycles. The highest BCUT2D eigenvalue weighted by atomic mass is 16.6. The van der Waals surface area contributed by atoms with Gasteiger partial charge in [-0.15, -0.1) is 0 Å². The molecule has 0 bridgehead atoms. The second kappa shape index (κ2) is 7.81. The van der Waals surface area contributed by atoms with Gasteiger partial charge in [-0.1, -0.05) is 19.3 Å². The van der Waals surface area contributed by atoms with Crippen molar-refractivity contribution < 1.29 is 19.1 Å². The monoisotopic (exact) mass is 294 g/mol. The molecular formula is C15H22N2O4. The molecule has 1 fully saturated rings. The Morgan fingerprint density at radius 3 is 2.29 bits per heavy atom. The van der Waals surface area contributed by atoms with Gasteiger partial charge in [-0.2, -0.15) is 0 Å². The molecule has 1 saturated carbocycles. The Kier molecular flexibility index (Phi) is 5.78. The van der Waals surface area contributed by atoms with Crippen LogP contribution in [0.15, 0.2) is 12.2 Å². The largest absolute Gasteiger partial charge is 0.446 e. The third-order valence-electron chi connectivity index (χ3n) is 3.83. The van der Waals surface area contributed by atoms with Gasteiger partial charge in [0, 0.05) is 25.2 Å². The Bertz CT molecular complexity index is 407. The molecule has 2 aliphatic rings. The first-order valence-electron chi connectivity index (χ1n) is 7.65. The molecule has 6 heteroatoms. The van der Waals surface area contributed by atoms with Crippen LogP contribution in [0.2, 0.25) is 0 Å². The van der Waals surface area contributed by atoms with Crippen LogP contribution in [0.5, 0.6) is 0 Å². The number of alkyl carbamates (subject to hydrolysis) is 1. The molecule has 3 amide bonds. The van der Waals surface area contributed by atoms with E-state index >= 15 is 0 Å². The van der Waals surface area contributed by atoms with E-state index in [9.17, 15) is 14.4 Å². The molecule has 0 saturated heterocycles. The predicted octanol–water partition coefficient (Wildman–Crippen LogP) is 1.75. The molecule has 6 nitrogen and oxygen atoms in total. The first kappa shape index (κ1) is 15.5. The number of hydrogen-bond acceptors (Lipinski definition) is 4. The van der Waals surface area contributed by atoms with Crippen LogP contribution < -0.4 is 5.32 Å². The van der Waals surface area contributed by atoms with E-state index in [-0.39, 0.29) is 31.0 Å². The van der Waals surface area contributed by atoms with Crippen LogP contribution >= 0.6 is 0 Å². The van der Waals surface area contributed by atoms with Crippen LogP contribution in [0.3, 0.4) is 0 Å². The van der Waals surface area contributed by atoms with E-state index in [0.717, 1.165) is 30.6 Å². The van der Waals surface area contributed by atoms with Gasteiger partial charge in [0.1, 0.15) is 6.10 Å². The van der Waals surface area contributed by atoms with Gasteiger partial charge in [0.05, 0.1) is 0 Å². The predicted molar refractivity (Wildman–Crippen MR) is 76.5 cm³/mol. The highest BCUT2D eigenvalue weighted by Gasteiger charge is 2.23. The zero-order valence-electron chi connectivity index (χ0n) is 12.2. The summed E-state index contributed by atoms with van der Waals surface area (Å²) in [7, 11) is 0. The van der Waals surface area contributed by atoms with Gasteiger partial charge in [-0.25, -0.2) is 4.79 Å². The fraction of sp³-hybridized carbons (Fsp3) is 0.667. The SMILES string of the molecule is O=C(NCCN1C(=O)C=CC1=O)OC1CCCCCCC1. The fourth-order valence-electron chi connectivity index (χ4n) is 2.65. The summed E-state index contributed by atoms with van der Waals surface area (Å²) >= 11 is 0. The average molecular weight is 294 g/mol. The van der Waals surface area contributed by atoms with Crippen molar-refractivity contribution in [2.45, 2.75) is 51.0 Å². The van der Waals surface area contributed by atoms with Crippen LogP contribution in [-0.4, -0.2) is 42.0 Å². The highest BCUT2D eigenvalue weighted by molar-refractivity contribution is 6.12. The van der Waals surface area contributed by atoms with Crippen molar-refractivity contribution in [2.75, 3.05) is 13.1 Å². The molecule has 0 radical (unpaired) electrons. The maximum absolute atomic E-state index is 11.7. The van der Waals surface area contributed by atoms with Crippen LogP contribution in [0.25, 0.3) is 0 Å². The number of nitrogens with one attached hydrogen (secondary N) is 1. The Labute approximate surface area is 124 Å². The van der Waals surface area contributed by atoms with Gasteiger partial charge in [0.15, 0.2) is 0 Å². The molecular weight excluding hydrogens is 272 g/mol. The maximum atomic E-state index is 11.7. The van der Waals surface area contributed by atoms with Gasteiger partial charge in [-0.3, -0.25) is 14.5 Å². The van der Waals surface area contributed by atoms with Crippen LogP contribution in [-0.2, 0) is 14.3 Å². The first-order chi connectivity index (χ1) is 10.2. The molecule has 1 aliphatic carbocycles. The number of amides is 3. The van der Waals surface area contributed by atoms with E-state index in [1.165, 1.54) is 31.4 Å². The lowest BCUT2D eigenvalue weighted by Crippen LogP contribution is -2.39. The number of ether oxygens (including phenoxy) is 1. The Balaban J connectivity index is 1.65. The molecule has 116 valence electrons. The van der Waals surface area contributed by atoms with E-state index in [4.69, 9.17) is 4.74 Å². The summed E-state index contributed by atoms with van der Waals surface area (Å²) in [6, 6.07) is 0. The molecule has 0 aromatic rings. The van der Waals surface area contributed by atoms with E-state index in [2.05, 4.69) is 5.32 Å². The number of nitrogens with zero attached hydrogens (tertiary/aromatic N) is 1. The van der Waals surface area contributed by atoms with Crippen LogP contribution in [0.4, 0.5) is 4.79 Å². The van der Waals surface area contributed by atoms with E-state index in [0.29, 0.717) is 0 Å². The van der Waals surface area contributed by atoms with Gasteiger partial charge < -0.3 is 10.1 Å². The Morgan fingerprint density at radius 2 is 1.67 bits per heavy atom. The average Bonchev–Trinajstić information content (AvgIpc) is 2.73. The van der Waals surface area contributed by atoms with Crippen molar-refractivity contribution in [3.63, 3.8) is 0 Å².